The Morgan fingerprint density at radius 1 is 1.26 bits per heavy atom. The first-order chi connectivity index (χ1) is 12.8. The van der Waals surface area contributed by atoms with Gasteiger partial charge in [0.05, 0.1) is 11.3 Å². The van der Waals surface area contributed by atoms with E-state index in [4.69, 9.17) is 0 Å². The van der Waals surface area contributed by atoms with Crippen LogP contribution < -0.4 is 10.2 Å². The summed E-state index contributed by atoms with van der Waals surface area (Å²) >= 11 is 2.63. The van der Waals surface area contributed by atoms with Gasteiger partial charge in [-0.2, -0.15) is 13.2 Å². The molecule has 0 spiro atoms. The maximum atomic E-state index is 12.7. The first-order valence-corrected chi connectivity index (χ1v) is 9.98. The molecule has 1 aliphatic rings. The summed E-state index contributed by atoms with van der Waals surface area (Å²) in [7, 11) is 2.07. The maximum absolute atomic E-state index is 12.7. The molecule has 3 rings (SSSR count). The second-order valence-electron chi connectivity index (χ2n) is 6.06. The molecule has 0 radical (unpaired) electrons. The molecule has 2 aromatic rings. The number of carbonyl (C=O) groups excluding carboxylic acids is 1. The highest BCUT2D eigenvalue weighted by Gasteiger charge is 2.30. The molecule has 1 saturated heterocycles. The van der Waals surface area contributed by atoms with Gasteiger partial charge in [0.2, 0.25) is 11.0 Å². The van der Waals surface area contributed by atoms with Gasteiger partial charge >= 0.3 is 6.18 Å². The third-order valence-electron chi connectivity index (χ3n) is 3.97. The van der Waals surface area contributed by atoms with Crippen molar-refractivity contribution in [1.29, 1.82) is 0 Å². The molecule has 6 nitrogen and oxygen atoms in total. The van der Waals surface area contributed by atoms with Crippen LogP contribution in [-0.4, -0.2) is 60.0 Å². The van der Waals surface area contributed by atoms with E-state index in [9.17, 15) is 18.0 Å². The molecule has 1 fully saturated rings. The Morgan fingerprint density at radius 3 is 2.70 bits per heavy atom. The summed E-state index contributed by atoms with van der Waals surface area (Å²) in [6.45, 7) is 3.68. The number of benzene rings is 1. The number of thioether (sulfide) groups is 1. The minimum atomic E-state index is -4.44. The number of hydrogen-bond acceptors (Lipinski definition) is 7. The first kappa shape index (κ1) is 19.9. The standard InChI is InChI=1S/C16H18F3N5OS2/c1-23-5-7-24(8-6-23)14-21-22-15(27-14)26-10-13(25)20-12-4-2-3-11(9-12)16(17,18)19/h2-4,9H,5-8,10H2,1H3,(H,20,25). The molecule has 1 N–H and O–H groups in total. The van der Waals surface area contributed by atoms with Crippen LogP contribution in [0.3, 0.4) is 0 Å². The van der Waals surface area contributed by atoms with Gasteiger partial charge in [-0.15, -0.1) is 10.2 Å². The van der Waals surface area contributed by atoms with E-state index in [-0.39, 0.29) is 11.4 Å². The van der Waals surface area contributed by atoms with Crippen LogP contribution in [0.1, 0.15) is 5.56 Å². The van der Waals surface area contributed by atoms with Crippen LogP contribution in [-0.2, 0) is 11.0 Å². The van der Waals surface area contributed by atoms with Crippen molar-refractivity contribution in [1.82, 2.24) is 15.1 Å². The van der Waals surface area contributed by atoms with Crippen LogP contribution in [0.2, 0.25) is 0 Å². The van der Waals surface area contributed by atoms with E-state index >= 15 is 0 Å². The van der Waals surface area contributed by atoms with Crippen molar-refractivity contribution < 1.29 is 18.0 Å². The van der Waals surface area contributed by atoms with Gasteiger partial charge in [-0.25, -0.2) is 0 Å². The van der Waals surface area contributed by atoms with E-state index < -0.39 is 17.6 Å². The molecule has 0 saturated carbocycles. The molecule has 0 aliphatic carbocycles. The highest BCUT2D eigenvalue weighted by Crippen LogP contribution is 2.31. The van der Waals surface area contributed by atoms with Gasteiger partial charge in [-0.05, 0) is 25.2 Å². The quantitative estimate of drug-likeness (QED) is 0.755. The molecule has 146 valence electrons. The number of amides is 1. The summed E-state index contributed by atoms with van der Waals surface area (Å²) in [4.78, 5) is 16.4. The zero-order valence-corrected chi connectivity index (χ0v) is 16.1. The van der Waals surface area contributed by atoms with E-state index in [0.717, 1.165) is 43.4 Å². The predicted octanol–water partition coefficient (Wildman–Crippen LogP) is 3.04. The molecule has 11 heteroatoms. The van der Waals surface area contributed by atoms with Crippen molar-refractivity contribution >= 4 is 39.8 Å². The van der Waals surface area contributed by atoms with E-state index in [0.29, 0.717) is 4.34 Å². The van der Waals surface area contributed by atoms with E-state index in [1.54, 1.807) is 0 Å². The number of nitrogens with zero attached hydrogens (tertiary/aromatic N) is 4. The zero-order valence-electron chi connectivity index (χ0n) is 14.5. The highest BCUT2D eigenvalue weighted by molar-refractivity contribution is 8.01. The highest BCUT2D eigenvalue weighted by atomic mass is 32.2. The van der Waals surface area contributed by atoms with Crippen molar-refractivity contribution in [3.05, 3.63) is 29.8 Å². The minimum Gasteiger partial charge on any atom is -0.344 e. The van der Waals surface area contributed by atoms with Gasteiger partial charge in [0.15, 0.2) is 4.34 Å². The number of piperazine rings is 1. The van der Waals surface area contributed by atoms with Gasteiger partial charge < -0.3 is 15.1 Å². The van der Waals surface area contributed by atoms with Crippen LogP contribution in [0.5, 0.6) is 0 Å². The van der Waals surface area contributed by atoms with Gasteiger partial charge in [0, 0.05) is 31.9 Å². The third kappa shape index (κ3) is 5.56. The number of aromatic nitrogens is 2. The van der Waals surface area contributed by atoms with Gasteiger partial charge in [-0.1, -0.05) is 29.2 Å². The summed E-state index contributed by atoms with van der Waals surface area (Å²) in [5, 5.41) is 11.6. The summed E-state index contributed by atoms with van der Waals surface area (Å²) in [5.74, 6) is -0.344. The smallest absolute Gasteiger partial charge is 0.344 e. The SMILES string of the molecule is CN1CCN(c2nnc(SCC(=O)Nc3cccc(C(F)(F)F)c3)s2)CC1. The van der Waals surface area contributed by atoms with Crippen molar-refractivity contribution in [2.45, 2.75) is 10.5 Å². The fourth-order valence-electron chi connectivity index (χ4n) is 2.48. The number of hydrogen-bond donors (Lipinski definition) is 1. The van der Waals surface area contributed by atoms with Crippen LogP contribution in [0.4, 0.5) is 24.0 Å². The fourth-order valence-corrected chi connectivity index (χ4v) is 4.18. The molecule has 1 amide bonds. The lowest BCUT2D eigenvalue weighted by Gasteiger charge is -2.31. The Morgan fingerprint density at radius 2 is 2.00 bits per heavy atom. The summed E-state index contributed by atoms with van der Waals surface area (Å²) in [5.41, 5.74) is -0.681. The number of halogens is 3. The Balaban J connectivity index is 1.51. The number of likely N-dealkylation sites (N-methyl/N-ethyl adjacent to an activating group) is 1. The molecule has 1 aromatic heterocycles. The summed E-state index contributed by atoms with van der Waals surface area (Å²) in [6, 6.07) is 4.57. The molecule has 0 atom stereocenters. The van der Waals surface area contributed by atoms with Crippen LogP contribution >= 0.6 is 23.1 Å². The second kappa shape index (κ2) is 8.44. The Kier molecular flexibility index (Phi) is 6.22. The lowest BCUT2D eigenvalue weighted by molar-refractivity contribution is -0.137. The fraction of sp³-hybridized carbons (Fsp3) is 0.438. The van der Waals surface area contributed by atoms with E-state index in [2.05, 4.69) is 32.4 Å². The number of alkyl halides is 3. The Labute approximate surface area is 162 Å². The van der Waals surface area contributed by atoms with Crippen LogP contribution in [0, 0.1) is 0 Å². The lowest BCUT2D eigenvalue weighted by Crippen LogP contribution is -2.44. The van der Waals surface area contributed by atoms with Crippen LogP contribution in [0.15, 0.2) is 28.6 Å². The Bertz CT molecular complexity index is 790. The maximum Gasteiger partial charge on any atom is 0.416 e. The molecular formula is C16H18F3N5OS2. The Hall–Kier alpha value is -1.85. The average molecular weight is 417 g/mol. The second-order valence-corrected chi connectivity index (χ2v) is 8.23. The topological polar surface area (TPSA) is 61.4 Å². The van der Waals surface area contributed by atoms with Gasteiger partial charge in [0.25, 0.3) is 0 Å². The zero-order chi connectivity index (χ0) is 19.4. The van der Waals surface area contributed by atoms with Gasteiger partial charge in [0.1, 0.15) is 0 Å². The molecule has 27 heavy (non-hydrogen) atoms. The number of carbonyl (C=O) groups is 1. The van der Waals surface area contributed by atoms with E-state index in [1.807, 2.05) is 0 Å². The monoisotopic (exact) mass is 417 g/mol. The molecule has 2 heterocycles. The minimum absolute atomic E-state index is 0.0492. The largest absolute Gasteiger partial charge is 0.416 e. The molecular weight excluding hydrogens is 399 g/mol. The summed E-state index contributed by atoms with van der Waals surface area (Å²) in [6.07, 6.45) is -4.44. The first-order valence-electron chi connectivity index (χ1n) is 8.18. The number of rotatable bonds is 5. The number of anilines is 2. The molecule has 1 aliphatic heterocycles. The predicted molar refractivity (Wildman–Crippen MR) is 100 cm³/mol. The molecule has 1 aromatic carbocycles. The van der Waals surface area contributed by atoms with Gasteiger partial charge in [-0.3, -0.25) is 4.79 Å². The molecule has 0 bridgehead atoms. The van der Waals surface area contributed by atoms with Crippen LogP contribution in [0.25, 0.3) is 0 Å². The molecule has 0 unspecified atom stereocenters. The van der Waals surface area contributed by atoms with Crippen molar-refractivity contribution in [2.24, 2.45) is 0 Å². The van der Waals surface area contributed by atoms with Crippen molar-refractivity contribution in [2.75, 3.05) is 49.2 Å². The van der Waals surface area contributed by atoms with Crippen molar-refractivity contribution in [3.8, 4) is 0 Å². The third-order valence-corrected chi connectivity index (χ3v) is 6.09. The lowest BCUT2D eigenvalue weighted by atomic mass is 10.2. The number of nitrogens with one attached hydrogen (secondary N) is 1. The summed E-state index contributed by atoms with van der Waals surface area (Å²) < 4.78 is 38.8. The average Bonchev–Trinajstić information content (AvgIpc) is 3.09. The normalized spacial score (nSPS) is 15.8. The van der Waals surface area contributed by atoms with E-state index in [1.165, 1.54) is 35.2 Å². The van der Waals surface area contributed by atoms with Crippen molar-refractivity contribution in [3.63, 3.8) is 0 Å².